The van der Waals surface area contributed by atoms with E-state index >= 15 is 0 Å². The Morgan fingerprint density at radius 1 is 0.733 bits per heavy atom. The molecule has 7 heteroatoms. The van der Waals surface area contributed by atoms with Gasteiger partial charge in [0.2, 0.25) is 0 Å². The van der Waals surface area contributed by atoms with Gasteiger partial charge in [-0.05, 0) is 48.5 Å². The van der Waals surface area contributed by atoms with Crippen LogP contribution in [0.25, 0.3) is 11.5 Å². The molecule has 1 aliphatic rings. The molecular formula is C23H22N6O. The van der Waals surface area contributed by atoms with E-state index in [1.54, 1.807) is 6.33 Å². The van der Waals surface area contributed by atoms with E-state index in [1.165, 1.54) is 0 Å². The minimum atomic E-state index is 0.0735. The molecule has 1 aliphatic heterocycles. The van der Waals surface area contributed by atoms with Crippen molar-refractivity contribution in [3.05, 3.63) is 91.3 Å². The van der Waals surface area contributed by atoms with Crippen molar-refractivity contribution in [2.24, 2.45) is 0 Å². The number of benzene rings is 1. The summed E-state index contributed by atoms with van der Waals surface area (Å²) >= 11 is 0. The molecular weight excluding hydrogens is 376 g/mol. The molecule has 4 aromatic rings. The molecule has 3 aromatic heterocycles. The molecule has 0 aliphatic carbocycles. The van der Waals surface area contributed by atoms with Crippen LogP contribution in [0.3, 0.4) is 0 Å². The zero-order valence-corrected chi connectivity index (χ0v) is 16.5. The second-order valence-corrected chi connectivity index (χ2v) is 7.24. The van der Waals surface area contributed by atoms with E-state index in [0.717, 1.165) is 36.0 Å². The first-order valence-corrected chi connectivity index (χ1v) is 10.0. The molecule has 1 aromatic carbocycles. The van der Waals surface area contributed by atoms with Crippen molar-refractivity contribution in [3.8, 4) is 11.5 Å². The van der Waals surface area contributed by atoms with Crippen LogP contribution in [0.2, 0.25) is 0 Å². The first kappa shape index (κ1) is 18.2. The largest absolute Gasteiger partial charge is 0.353 e. The minimum Gasteiger partial charge on any atom is -0.353 e. The molecule has 0 saturated carbocycles. The molecule has 0 atom stereocenters. The van der Waals surface area contributed by atoms with Crippen LogP contribution in [0.5, 0.6) is 0 Å². The van der Waals surface area contributed by atoms with Crippen LogP contribution in [-0.2, 0) is 0 Å². The van der Waals surface area contributed by atoms with Crippen LogP contribution in [0, 0.1) is 0 Å². The number of aromatic nitrogens is 4. The lowest BCUT2D eigenvalue weighted by molar-refractivity contribution is 0.0746. The Morgan fingerprint density at radius 3 is 2.00 bits per heavy atom. The third kappa shape index (κ3) is 3.57. The lowest BCUT2D eigenvalue weighted by Gasteiger charge is -2.35. The summed E-state index contributed by atoms with van der Waals surface area (Å²) in [6, 6.07) is 17.7. The van der Waals surface area contributed by atoms with Gasteiger partial charge >= 0.3 is 0 Å². The highest BCUT2D eigenvalue weighted by atomic mass is 16.2. The average molecular weight is 398 g/mol. The second-order valence-electron chi connectivity index (χ2n) is 7.24. The SMILES string of the molecule is O=C(c1ccc(-n2cccc2)cc1)N1CCN(c2cc(-n3cccc3)ncn2)CC1. The van der Waals surface area contributed by atoms with Gasteiger partial charge in [-0.3, -0.25) is 4.79 Å². The van der Waals surface area contributed by atoms with E-state index in [4.69, 9.17) is 0 Å². The highest BCUT2D eigenvalue weighted by Gasteiger charge is 2.23. The van der Waals surface area contributed by atoms with Gasteiger partial charge in [-0.1, -0.05) is 0 Å². The Labute approximate surface area is 174 Å². The maximum absolute atomic E-state index is 12.9. The molecule has 0 radical (unpaired) electrons. The third-order valence-corrected chi connectivity index (χ3v) is 5.41. The number of hydrogen-bond donors (Lipinski definition) is 0. The van der Waals surface area contributed by atoms with E-state index in [1.807, 2.05) is 93.4 Å². The number of hydrogen-bond acceptors (Lipinski definition) is 4. The van der Waals surface area contributed by atoms with Crippen LogP contribution in [0.4, 0.5) is 5.82 Å². The summed E-state index contributed by atoms with van der Waals surface area (Å²) in [7, 11) is 0. The average Bonchev–Trinajstić information content (AvgIpc) is 3.54. The van der Waals surface area contributed by atoms with Crippen LogP contribution >= 0.6 is 0 Å². The van der Waals surface area contributed by atoms with Crippen molar-refractivity contribution in [2.75, 3.05) is 31.1 Å². The van der Waals surface area contributed by atoms with E-state index < -0.39 is 0 Å². The lowest BCUT2D eigenvalue weighted by Crippen LogP contribution is -2.49. The van der Waals surface area contributed by atoms with E-state index in [9.17, 15) is 4.79 Å². The maximum atomic E-state index is 12.9. The molecule has 1 fully saturated rings. The topological polar surface area (TPSA) is 59.2 Å². The normalized spacial score (nSPS) is 14.1. The van der Waals surface area contributed by atoms with Gasteiger partial charge in [-0.25, -0.2) is 9.97 Å². The van der Waals surface area contributed by atoms with Crippen molar-refractivity contribution in [1.29, 1.82) is 0 Å². The van der Waals surface area contributed by atoms with Gasteiger partial charge < -0.3 is 18.9 Å². The molecule has 7 nitrogen and oxygen atoms in total. The Kier molecular flexibility index (Phi) is 4.77. The number of nitrogens with zero attached hydrogens (tertiary/aromatic N) is 6. The van der Waals surface area contributed by atoms with E-state index in [-0.39, 0.29) is 5.91 Å². The van der Waals surface area contributed by atoms with Crippen LogP contribution in [-0.4, -0.2) is 56.1 Å². The first-order valence-electron chi connectivity index (χ1n) is 10.0. The number of rotatable bonds is 4. The van der Waals surface area contributed by atoms with Crippen molar-refractivity contribution in [3.63, 3.8) is 0 Å². The molecule has 0 unspecified atom stereocenters. The molecule has 1 amide bonds. The number of piperazine rings is 1. The summed E-state index contributed by atoms with van der Waals surface area (Å²) in [5.41, 5.74) is 1.76. The molecule has 30 heavy (non-hydrogen) atoms. The maximum Gasteiger partial charge on any atom is 0.253 e. The Hall–Kier alpha value is -3.87. The summed E-state index contributed by atoms with van der Waals surface area (Å²) in [5, 5.41) is 0. The summed E-state index contributed by atoms with van der Waals surface area (Å²) in [5.74, 6) is 1.80. The van der Waals surface area contributed by atoms with Gasteiger partial charge in [0, 0.05) is 68.3 Å². The van der Waals surface area contributed by atoms with Gasteiger partial charge in [0.1, 0.15) is 18.0 Å². The first-order chi connectivity index (χ1) is 14.8. The minimum absolute atomic E-state index is 0.0735. The van der Waals surface area contributed by atoms with Crippen molar-refractivity contribution in [2.45, 2.75) is 0 Å². The number of carbonyl (C=O) groups is 1. The third-order valence-electron chi connectivity index (χ3n) is 5.41. The van der Waals surface area contributed by atoms with Gasteiger partial charge in [0.15, 0.2) is 0 Å². The monoisotopic (exact) mass is 398 g/mol. The van der Waals surface area contributed by atoms with Crippen LogP contribution < -0.4 is 4.90 Å². The zero-order chi connectivity index (χ0) is 20.3. The Bertz CT molecular complexity index is 1110. The highest BCUT2D eigenvalue weighted by Crippen LogP contribution is 2.18. The van der Waals surface area contributed by atoms with Crippen molar-refractivity contribution in [1.82, 2.24) is 24.0 Å². The summed E-state index contributed by atoms with van der Waals surface area (Å²) < 4.78 is 3.99. The summed E-state index contributed by atoms with van der Waals surface area (Å²) in [4.78, 5) is 25.8. The molecule has 0 bridgehead atoms. The van der Waals surface area contributed by atoms with Crippen LogP contribution in [0.15, 0.2) is 85.7 Å². The molecule has 0 N–H and O–H groups in total. The Morgan fingerprint density at radius 2 is 1.33 bits per heavy atom. The van der Waals surface area contributed by atoms with E-state index in [0.29, 0.717) is 13.1 Å². The fraction of sp³-hybridized carbons (Fsp3) is 0.174. The van der Waals surface area contributed by atoms with Gasteiger partial charge in [0.05, 0.1) is 0 Å². The molecule has 0 spiro atoms. The number of carbonyl (C=O) groups excluding carboxylic acids is 1. The Balaban J connectivity index is 1.24. The number of amides is 1. The highest BCUT2D eigenvalue weighted by molar-refractivity contribution is 5.94. The van der Waals surface area contributed by atoms with E-state index in [2.05, 4.69) is 14.9 Å². The molecule has 1 saturated heterocycles. The summed E-state index contributed by atoms with van der Waals surface area (Å²) in [6.45, 7) is 2.83. The lowest BCUT2D eigenvalue weighted by atomic mass is 10.1. The molecule has 150 valence electrons. The van der Waals surface area contributed by atoms with Crippen molar-refractivity contribution < 1.29 is 4.79 Å². The van der Waals surface area contributed by atoms with Crippen LogP contribution in [0.1, 0.15) is 10.4 Å². The molecule has 4 heterocycles. The smallest absolute Gasteiger partial charge is 0.253 e. The van der Waals surface area contributed by atoms with Gasteiger partial charge in [0.25, 0.3) is 5.91 Å². The second kappa shape index (κ2) is 7.87. The fourth-order valence-corrected chi connectivity index (χ4v) is 3.74. The molecule has 5 rings (SSSR count). The fourth-order valence-electron chi connectivity index (χ4n) is 3.74. The predicted octanol–water partition coefficient (Wildman–Crippen LogP) is 3.02. The summed E-state index contributed by atoms with van der Waals surface area (Å²) in [6.07, 6.45) is 9.50. The van der Waals surface area contributed by atoms with Gasteiger partial charge in [-0.15, -0.1) is 0 Å². The van der Waals surface area contributed by atoms with Gasteiger partial charge in [-0.2, -0.15) is 0 Å². The number of anilines is 1. The zero-order valence-electron chi connectivity index (χ0n) is 16.5. The predicted molar refractivity (Wildman–Crippen MR) is 115 cm³/mol. The van der Waals surface area contributed by atoms with Crippen molar-refractivity contribution >= 4 is 11.7 Å². The standard InChI is InChI=1S/C23H22N6O/c30-23(19-5-7-20(8-6-19)26-9-1-2-10-26)29-15-13-28(14-16-29)22-17-21(24-18-25-22)27-11-3-4-12-27/h1-12,17-18H,13-16H2. The quantitative estimate of drug-likeness (QED) is 0.530.